The number of fused-ring (bicyclic) bond motifs is 1. The van der Waals surface area contributed by atoms with Crippen LogP contribution in [0, 0.1) is 0 Å². The van der Waals surface area contributed by atoms with Crippen molar-refractivity contribution in [1.82, 2.24) is 10.2 Å². The fraction of sp³-hybridized carbons (Fsp3) is 0.550. The van der Waals surface area contributed by atoms with Crippen molar-refractivity contribution in [1.29, 1.82) is 0 Å². The molecule has 6 nitrogen and oxygen atoms in total. The molecule has 0 atom stereocenters. The van der Waals surface area contributed by atoms with Crippen molar-refractivity contribution in [3.63, 3.8) is 0 Å². The molecule has 0 spiro atoms. The summed E-state index contributed by atoms with van der Waals surface area (Å²) in [4.78, 5) is 42.2. The molecule has 0 aromatic heterocycles. The van der Waals surface area contributed by atoms with Gasteiger partial charge in [0.15, 0.2) is 0 Å². The smallest absolute Gasteiger partial charge is 0.243 e. The fourth-order valence-electron chi connectivity index (χ4n) is 3.85. The minimum atomic E-state index is -0.136. The number of hydrogen-bond acceptors (Lipinski definition) is 4. The average molecular weight is 388 g/mol. The van der Waals surface area contributed by atoms with E-state index in [0.717, 1.165) is 49.1 Å². The molecule has 0 radical (unpaired) electrons. The second-order valence-electron chi connectivity index (χ2n) is 7.54. The van der Waals surface area contributed by atoms with Crippen LogP contribution in [0.25, 0.3) is 0 Å². The summed E-state index contributed by atoms with van der Waals surface area (Å²) < 4.78 is 0. The molecule has 0 saturated heterocycles. The van der Waals surface area contributed by atoms with Crippen LogP contribution in [0.1, 0.15) is 38.5 Å². The van der Waals surface area contributed by atoms with Crippen LogP contribution in [-0.4, -0.2) is 53.5 Å². The lowest BCUT2D eigenvalue weighted by Crippen LogP contribution is -2.51. The average Bonchev–Trinajstić information content (AvgIpc) is 3.31. The molecule has 1 aromatic carbocycles. The van der Waals surface area contributed by atoms with Gasteiger partial charge in [0.1, 0.15) is 6.54 Å². The molecule has 0 bridgehead atoms. The van der Waals surface area contributed by atoms with E-state index >= 15 is 0 Å². The molecule has 2 saturated carbocycles. The second kappa shape index (κ2) is 7.92. The van der Waals surface area contributed by atoms with E-state index in [1.807, 2.05) is 24.3 Å². The third-order valence-corrected chi connectivity index (χ3v) is 6.49. The first-order valence-corrected chi connectivity index (χ1v) is 10.7. The lowest BCUT2D eigenvalue weighted by atomic mass is 10.2. The Morgan fingerprint density at radius 2 is 1.89 bits per heavy atom. The Labute approximate surface area is 163 Å². The van der Waals surface area contributed by atoms with E-state index in [0.29, 0.717) is 5.75 Å². The molecule has 7 heteroatoms. The van der Waals surface area contributed by atoms with Gasteiger partial charge < -0.3 is 15.1 Å². The van der Waals surface area contributed by atoms with E-state index in [-0.39, 0.29) is 42.9 Å². The van der Waals surface area contributed by atoms with Gasteiger partial charge in [-0.2, -0.15) is 0 Å². The fourth-order valence-corrected chi connectivity index (χ4v) is 4.78. The zero-order valence-corrected chi connectivity index (χ0v) is 16.2. The van der Waals surface area contributed by atoms with Crippen molar-refractivity contribution in [2.24, 2.45) is 0 Å². The molecule has 3 aliphatic rings. The van der Waals surface area contributed by atoms with Gasteiger partial charge in [-0.15, -0.1) is 11.8 Å². The Balaban J connectivity index is 1.49. The zero-order chi connectivity index (χ0) is 18.8. The summed E-state index contributed by atoms with van der Waals surface area (Å²) in [5.41, 5.74) is 0.793. The Morgan fingerprint density at radius 3 is 2.63 bits per heavy atom. The number of anilines is 1. The maximum absolute atomic E-state index is 13.1. The van der Waals surface area contributed by atoms with Gasteiger partial charge in [0, 0.05) is 17.0 Å². The van der Waals surface area contributed by atoms with Gasteiger partial charge in [-0.05, 0) is 37.8 Å². The number of hydrogen-bond donors (Lipinski definition) is 1. The van der Waals surface area contributed by atoms with Gasteiger partial charge in [-0.1, -0.05) is 25.0 Å². The van der Waals surface area contributed by atoms with Crippen LogP contribution >= 0.6 is 11.8 Å². The molecular weight excluding hydrogens is 362 g/mol. The monoisotopic (exact) mass is 387 g/mol. The van der Waals surface area contributed by atoms with Gasteiger partial charge in [-0.3, -0.25) is 14.4 Å². The van der Waals surface area contributed by atoms with Crippen LogP contribution in [0.5, 0.6) is 0 Å². The van der Waals surface area contributed by atoms with Crippen molar-refractivity contribution >= 4 is 35.2 Å². The summed E-state index contributed by atoms with van der Waals surface area (Å²) in [5.74, 6) is 0.0676. The highest BCUT2D eigenvalue weighted by molar-refractivity contribution is 8.00. The lowest BCUT2D eigenvalue weighted by Gasteiger charge is -2.33. The van der Waals surface area contributed by atoms with Gasteiger partial charge in [0.25, 0.3) is 0 Å². The topological polar surface area (TPSA) is 69.7 Å². The summed E-state index contributed by atoms with van der Waals surface area (Å²) in [6, 6.07) is 8.06. The molecule has 1 aliphatic heterocycles. The van der Waals surface area contributed by atoms with Crippen LogP contribution in [0.2, 0.25) is 0 Å². The Kier molecular flexibility index (Phi) is 5.38. The summed E-state index contributed by atoms with van der Waals surface area (Å²) in [5, 5.41) is 2.97. The molecule has 2 fully saturated rings. The van der Waals surface area contributed by atoms with Crippen molar-refractivity contribution in [3.05, 3.63) is 24.3 Å². The predicted octanol–water partition coefficient (Wildman–Crippen LogP) is 2.18. The quantitative estimate of drug-likeness (QED) is 0.812. The zero-order valence-electron chi connectivity index (χ0n) is 15.4. The maximum atomic E-state index is 13.1. The van der Waals surface area contributed by atoms with Crippen LogP contribution in [-0.2, 0) is 14.4 Å². The molecule has 2 aliphatic carbocycles. The Hall–Kier alpha value is -2.02. The van der Waals surface area contributed by atoms with Crippen molar-refractivity contribution < 1.29 is 14.4 Å². The van der Waals surface area contributed by atoms with E-state index in [4.69, 9.17) is 0 Å². The number of nitrogens with one attached hydrogen (secondary N) is 1. The molecule has 3 amide bonds. The van der Waals surface area contributed by atoms with Gasteiger partial charge in [0.05, 0.1) is 18.0 Å². The molecule has 4 rings (SSSR count). The highest BCUT2D eigenvalue weighted by atomic mass is 32.2. The maximum Gasteiger partial charge on any atom is 0.243 e. The number of nitrogens with zero attached hydrogens (tertiary/aromatic N) is 2. The standard InChI is InChI=1S/C20H25N3O3S/c24-18(21-14-9-10-14)11-22(15-5-1-2-6-15)19(25)12-23-16-7-3-4-8-17(16)27-13-20(23)26/h3-4,7-8,14-15H,1-2,5-6,9-13H2,(H,21,24). The number of benzene rings is 1. The highest BCUT2D eigenvalue weighted by Gasteiger charge is 2.33. The molecule has 27 heavy (non-hydrogen) atoms. The van der Waals surface area contributed by atoms with Crippen molar-refractivity contribution in [2.45, 2.75) is 55.5 Å². The third-order valence-electron chi connectivity index (χ3n) is 5.44. The molecule has 1 aromatic rings. The van der Waals surface area contributed by atoms with E-state index in [1.165, 1.54) is 11.8 Å². The van der Waals surface area contributed by atoms with E-state index in [9.17, 15) is 14.4 Å². The van der Waals surface area contributed by atoms with Crippen molar-refractivity contribution in [3.8, 4) is 0 Å². The van der Waals surface area contributed by atoms with Crippen LogP contribution in [0.4, 0.5) is 5.69 Å². The summed E-state index contributed by atoms with van der Waals surface area (Å²) in [6.07, 6.45) is 6.09. The Morgan fingerprint density at radius 1 is 1.15 bits per heavy atom. The van der Waals surface area contributed by atoms with Gasteiger partial charge >= 0.3 is 0 Å². The number of rotatable bonds is 6. The van der Waals surface area contributed by atoms with E-state index < -0.39 is 0 Å². The lowest BCUT2D eigenvalue weighted by molar-refractivity contribution is -0.137. The van der Waals surface area contributed by atoms with Crippen LogP contribution < -0.4 is 10.2 Å². The highest BCUT2D eigenvalue weighted by Crippen LogP contribution is 2.35. The first-order chi connectivity index (χ1) is 13.1. The number of para-hydroxylation sites is 1. The second-order valence-corrected chi connectivity index (χ2v) is 8.56. The summed E-state index contributed by atoms with van der Waals surface area (Å²) >= 11 is 1.51. The van der Waals surface area contributed by atoms with Gasteiger partial charge in [0.2, 0.25) is 17.7 Å². The largest absolute Gasteiger partial charge is 0.352 e. The minimum Gasteiger partial charge on any atom is -0.352 e. The van der Waals surface area contributed by atoms with Crippen LogP contribution in [0.15, 0.2) is 29.2 Å². The molecular formula is C20H25N3O3S. The third kappa shape index (κ3) is 4.29. The summed E-state index contributed by atoms with van der Waals surface area (Å²) in [7, 11) is 0. The number of carbonyl (C=O) groups excluding carboxylic acids is 3. The first kappa shape index (κ1) is 18.3. The van der Waals surface area contributed by atoms with E-state index in [2.05, 4.69) is 5.32 Å². The minimum absolute atomic E-state index is 0.00359. The summed E-state index contributed by atoms with van der Waals surface area (Å²) in [6.45, 7) is 0.0992. The molecule has 0 unspecified atom stereocenters. The molecule has 144 valence electrons. The van der Waals surface area contributed by atoms with Crippen LogP contribution in [0.3, 0.4) is 0 Å². The molecule has 1 heterocycles. The van der Waals surface area contributed by atoms with Gasteiger partial charge in [-0.25, -0.2) is 0 Å². The normalized spacial score (nSPS) is 19.7. The first-order valence-electron chi connectivity index (χ1n) is 9.73. The predicted molar refractivity (Wildman–Crippen MR) is 105 cm³/mol. The van der Waals surface area contributed by atoms with E-state index in [1.54, 1.807) is 9.80 Å². The number of thioether (sulfide) groups is 1. The number of carbonyl (C=O) groups is 3. The Bertz CT molecular complexity index is 744. The molecule has 1 N–H and O–H groups in total. The van der Waals surface area contributed by atoms with Crippen molar-refractivity contribution in [2.75, 3.05) is 23.7 Å². The number of amides is 3. The SMILES string of the molecule is O=C(CN(C(=O)CN1C(=O)CSc2ccccc21)C1CCCC1)NC1CC1.